The van der Waals surface area contributed by atoms with Crippen LogP contribution in [-0.4, -0.2) is 22.4 Å². The zero-order valence-corrected chi connectivity index (χ0v) is 21.3. The number of amides is 2. The van der Waals surface area contributed by atoms with E-state index in [0.717, 1.165) is 6.20 Å². The molecule has 0 aliphatic carbocycles. The van der Waals surface area contributed by atoms with E-state index in [1.54, 1.807) is 56.7 Å². The molecule has 0 aliphatic rings. The van der Waals surface area contributed by atoms with Crippen LogP contribution in [-0.2, 0) is 13.2 Å². The number of pyridine rings is 1. The van der Waals surface area contributed by atoms with E-state index < -0.39 is 64.2 Å². The highest BCUT2D eigenvalue weighted by molar-refractivity contribution is 5.99. The molecular formula is C29H27F3N3O4. The fourth-order valence-corrected chi connectivity index (χ4v) is 3.49. The number of rotatable bonds is 11. The van der Waals surface area contributed by atoms with Crippen molar-refractivity contribution in [3.63, 3.8) is 0 Å². The lowest BCUT2D eigenvalue weighted by Gasteiger charge is -2.18. The Balaban J connectivity index is 2.08. The van der Waals surface area contributed by atoms with Crippen LogP contribution in [0.25, 0.3) is 6.20 Å². The Hall–Kier alpha value is -4.60. The number of ether oxygens (including phenoxy) is 1. The highest BCUT2D eigenvalue weighted by Gasteiger charge is 2.26. The predicted octanol–water partition coefficient (Wildman–Crippen LogP) is 4.77. The molecule has 10 heteroatoms. The van der Waals surface area contributed by atoms with Crippen LogP contribution in [0.4, 0.5) is 13.2 Å². The zero-order chi connectivity index (χ0) is 28.5. The van der Waals surface area contributed by atoms with Crippen LogP contribution in [0.2, 0.25) is 0 Å². The molecule has 1 heterocycles. The summed E-state index contributed by atoms with van der Waals surface area (Å²) in [6, 6.07) is 9.37. The molecule has 2 aromatic carbocycles. The van der Waals surface area contributed by atoms with Crippen LogP contribution in [0.3, 0.4) is 0 Å². The molecule has 0 unspecified atom stereocenters. The molecule has 39 heavy (non-hydrogen) atoms. The first-order valence-electron chi connectivity index (χ1n) is 11.9. The van der Waals surface area contributed by atoms with Crippen LogP contribution in [0.1, 0.15) is 45.8 Å². The van der Waals surface area contributed by atoms with Gasteiger partial charge < -0.3 is 19.9 Å². The molecule has 2 N–H and O–H groups in total. The summed E-state index contributed by atoms with van der Waals surface area (Å²) >= 11 is 0. The molecule has 1 radical (unpaired) electrons. The van der Waals surface area contributed by atoms with Crippen molar-refractivity contribution < 1.29 is 27.5 Å². The smallest absolute Gasteiger partial charge is 0.272 e. The van der Waals surface area contributed by atoms with Gasteiger partial charge in [-0.25, -0.2) is 13.2 Å². The summed E-state index contributed by atoms with van der Waals surface area (Å²) in [6.07, 6.45) is 7.30. The van der Waals surface area contributed by atoms with E-state index in [4.69, 9.17) is 4.74 Å². The van der Waals surface area contributed by atoms with Gasteiger partial charge in [-0.2, -0.15) is 0 Å². The molecule has 7 nitrogen and oxygen atoms in total. The second-order valence-corrected chi connectivity index (χ2v) is 8.43. The number of carbonyl (C=O) groups is 2. The van der Waals surface area contributed by atoms with Gasteiger partial charge in [0.2, 0.25) is 5.43 Å². The third kappa shape index (κ3) is 7.25. The number of carbonyl (C=O) groups excluding carboxylic acids is 2. The number of nitrogens with one attached hydrogen (secondary N) is 2. The lowest BCUT2D eigenvalue weighted by molar-refractivity contribution is 0.0923. The molecule has 203 valence electrons. The Labute approximate surface area is 223 Å². The molecule has 0 spiro atoms. The largest absolute Gasteiger partial charge is 0.483 e. The van der Waals surface area contributed by atoms with E-state index >= 15 is 0 Å². The topological polar surface area (TPSA) is 89.4 Å². The van der Waals surface area contributed by atoms with Gasteiger partial charge in [0.1, 0.15) is 29.6 Å². The fraction of sp³-hybridized carbons (Fsp3) is 0.172. The van der Waals surface area contributed by atoms with Gasteiger partial charge in [0.25, 0.3) is 11.8 Å². The van der Waals surface area contributed by atoms with E-state index in [9.17, 15) is 27.6 Å². The average Bonchev–Trinajstić information content (AvgIpc) is 2.90. The molecule has 1 atom stereocenters. The second-order valence-electron chi connectivity index (χ2n) is 8.43. The normalized spacial score (nSPS) is 11.7. The summed E-state index contributed by atoms with van der Waals surface area (Å²) in [4.78, 5) is 39.8. The van der Waals surface area contributed by atoms with Gasteiger partial charge in [-0.1, -0.05) is 49.4 Å². The van der Waals surface area contributed by atoms with E-state index in [1.165, 1.54) is 16.8 Å². The molecule has 0 aliphatic heterocycles. The molecule has 0 bridgehead atoms. The van der Waals surface area contributed by atoms with Crippen LogP contribution >= 0.6 is 0 Å². The minimum absolute atomic E-state index is 0.0892. The first kappa shape index (κ1) is 29.0. The second kappa shape index (κ2) is 13.3. The van der Waals surface area contributed by atoms with Crippen molar-refractivity contribution in [3.05, 3.63) is 124 Å². The van der Waals surface area contributed by atoms with Gasteiger partial charge in [-0.05, 0) is 18.9 Å². The maximum absolute atomic E-state index is 14.1. The molecule has 2 amide bonds. The van der Waals surface area contributed by atoms with Gasteiger partial charge in [-0.15, -0.1) is 6.58 Å². The van der Waals surface area contributed by atoms with Gasteiger partial charge in [0, 0.05) is 42.7 Å². The Bertz CT molecular complexity index is 1430. The van der Waals surface area contributed by atoms with Crippen molar-refractivity contribution in [1.29, 1.82) is 0 Å². The van der Waals surface area contributed by atoms with Crippen LogP contribution in [0, 0.1) is 23.9 Å². The summed E-state index contributed by atoms with van der Waals surface area (Å²) in [5.74, 6) is -5.54. The van der Waals surface area contributed by atoms with Crippen molar-refractivity contribution in [1.82, 2.24) is 15.2 Å². The number of benzene rings is 2. The van der Waals surface area contributed by atoms with Crippen molar-refractivity contribution >= 4 is 18.0 Å². The molecule has 0 saturated carbocycles. The summed E-state index contributed by atoms with van der Waals surface area (Å²) in [5.41, 5.74) is -1.42. The Kier molecular flexibility index (Phi) is 9.86. The average molecular weight is 539 g/mol. The monoisotopic (exact) mass is 538 g/mol. The number of halogens is 3. The first-order chi connectivity index (χ1) is 18.7. The van der Waals surface area contributed by atoms with Crippen LogP contribution in [0.15, 0.2) is 72.2 Å². The summed E-state index contributed by atoms with van der Waals surface area (Å²) in [5, 5.41) is 4.96. The summed E-state index contributed by atoms with van der Waals surface area (Å²) < 4.78 is 48.4. The van der Waals surface area contributed by atoms with Gasteiger partial charge in [0.05, 0.1) is 0 Å². The van der Waals surface area contributed by atoms with Crippen molar-refractivity contribution in [3.8, 4) is 5.75 Å². The van der Waals surface area contributed by atoms with E-state index in [1.807, 2.05) is 0 Å². The predicted molar refractivity (Wildman–Crippen MR) is 141 cm³/mol. The maximum Gasteiger partial charge on any atom is 0.272 e. The molecular weight excluding hydrogens is 511 g/mol. The first-order valence-corrected chi connectivity index (χ1v) is 11.9. The van der Waals surface area contributed by atoms with Crippen molar-refractivity contribution in [2.45, 2.75) is 33.0 Å². The van der Waals surface area contributed by atoms with Crippen LogP contribution in [0.5, 0.6) is 5.75 Å². The number of nitrogens with zero attached hydrogens (tertiary/aromatic N) is 1. The Morgan fingerprint density at radius 3 is 2.38 bits per heavy atom. The van der Waals surface area contributed by atoms with Crippen LogP contribution < -0.4 is 20.8 Å². The lowest BCUT2D eigenvalue weighted by atomic mass is 10.1. The minimum atomic E-state index is -1.19. The Morgan fingerprint density at radius 2 is 1.77 bits per heavy atom. The van der Waals surface area contributed by atoms with Gasteiger partial charge in [0.15, 0.2) is 11.4 Å². The number of hydrogen-bond donors (Lipinski definition) is 2. The van der Waals surface area contributed by atoms with Crippen molar-refractivity contribution in [2.24, 2.45) is 0 Å². The van der Waals surface area contributed by atoms with Crippen molar-refractivity contribution in [2.75, 3.05) is 0 Å². The number of aromatic nitrogens is 1. The maximum atomic E-state index is 14.1. The standard InChI is InChI=1S/C29H27F3N3O4/c1-4-6-12-35-16-22(28(37)33-15-21-23(31)13-20(30)14-24(21)32)26(36)27(25(35)29(38)34-18(3)5-2)39-17-19-10-8-7-9-11-19/h4-14,16,18H,2,15,17H2,1,3H3,(H,33,37)(H,34,38)/t18-/m0/s1. The quantitative estimate of drug-likeness (QED) is 0.344. The molecule has 3 aromatic rings. The zero-order valence-electron chi connectivity index (χ0n) is 21.3. The van der Waals surface area contributed by atoms with Gasteiger partial charge in [-0.3, -0.25) is 14.4 Å². The minimum Gasteiger partial charge on any atom is -0.483 e. The number of allylic oxidation sites excluding steroid dienone is 1. The lowest BCUT2D eigenvalue weighted by Crippen LogP contribution is -2.36. The third-order valence-corrected chi connectivity index (χ3v) is 5.56. The highest BCUT2D eigenvalue weighted by Crippen LogP contribution is 2.20. The van der Waals surface area contributed by atoms with E-state index in [-0.39, 0.29) is 12.3 Å². The molecule has 0 fully saturated rings. The SMILES string of the molecule is C=C[C@H](C)NC(=O)c1c(OCc2ccccc2)c(=O)c(C(=O)NCc2c(F)cc(F)cc2F)cn1C=C[CH]C. The van der Waals surface area contributed by atoms with E-state index in [2.05, 4.69) is 17.2 Å². The third-order valence-electron chi connectivity index (χ3n) is 5.56. The molecule has 1 aromatic heterocycles. The summed E-state index contributed by atoms with van der Waals surface area (Å²) in [7, 11) is 0. The Morgan fingerprint density at radius 1 is 1.10 bits per heavy atom. The van der Waals surface area contributed by atoms with Gasteiger partial charge >= 0.3 is 0 Å². The highest BCUT2D eigenvalue weighted by atomic mass is 19.1. The summed E-state index contributed by atoms with van der Waals surface area (Å²) in [6.45, 7) is 6.30. The fourth-order valence-electron chi connectivity index (χ4n) is 3.49. The molecule has 3 rings (SSSR count). The van der Waals surface area contributed by atoms with E-state index in [0.29, 0.717) is 17.7 Å². The number of hydrogen-bond acceptors (Lipinski definition) is 4. The molecule has 0 saturated heterocycles.